The van der Waals surface area contributed by atoms with E-state index in [-0.39, 0.29) is 0 Å². The van der Waals surface area contributed by atoms with E-state index in [4.69, 9.17) is 4.74 Å². The van der Waals surface area contributed by atoms with Gasteiger partial charge in [-0.2, -0.15) is 0 Å². The highest BCUT2D eigenvalue weighted by molar-refractivity contribution is 4.78. The van der Waals surface area contributed by atoms with E-state index in [0.29, 0.717) is 18.2 Å². The van der Waals surface area contributed by atoms with Crippen LogP contribution in [0.1, 0.15) is 53.9 Å². The maximum Gasteiger partial charge on any atom is 0.0707 e. The number of hydrogen-bond donors (Lipinski definition) is 1. The second-order valence-corrected chi connectivity index (χ2v) is 6.39. The van der Waals surface area contributed by atoms with Crippen molar-refractivity contribution < 1.29 is 4.74 Å². The summed E-state index contributed by atoms with van der Waals surface area (Å²) >= 11 is 0. The average molecular weight is 270 g/mol. The largest absolute Gasteiger partial charge is 0.372 e. The molecule has 1 heterocycles. The molecular formula is C16H34N2O. The molecule has 19 heavy (non-hydrogen) atoms. The first kappa shape index (κ1) is 16.9. The van der Waals surface area contributed by atoms with Crippen molar-refractivity contribution in [2.24, 2.45) is 5.92 Å². The molecule has 0 bridgehead atoms. The molecule has 114 valence electrons. The first-order valence-corrected chi connectivity index (χ1v) is 8.16. The zero-order valence-electron chi connectivity index (χ0n) is 13.6. The van der Waals surface area contributed by atoms with Crippen LogP contribution in [0.2, 0.25) is 0 Å². The van der Waals surface area contributed by atoms with Crippen LogP contribution in [-0.2, 0) is 4.74 Å². The summed E-state index contributed by atoms with van der Waals surface area (Å²) in [5.74, 6) is 0.791. The Hall–Kier alpha value is -0.120. The van der Waals surface area contributed by atoms with Crippen LogP contribution >= 0.6 is 0 Å². The smallest absolute Gasteiger partial charge is 0.0707 e. The molecule has 0 aromatic heterocycles. The lowest BCUT2D eigenvalue weighted by Crippen LogP contribution is -2.37. The predicted octanol–water partition coefficient (Wildman–Crippen LogP) is 2.90. The average Bonchev–Trinajstić information content (AvgIpc) is 2.83. The molecule has 0 saturated carbocycles. The van der Waals surface area contributed by atoms with Crippen LogP contribution in [0.5, 0.6) is 0 Å². The van der Waals surface area contributed by atoms with Crippen molar-refractivity contribution in [3.05, 3.63) is 0 Å². The van der Waals surface area contributed by atoms with E-state index < -0.39 is 0 Å². The summed E-state index contributed by atoms with van der Waals surface area (Å²) in [4.78, 5) is 2.55. The van der Waals surface area contributed by atoms with Crippen LogP contribution in [0.15, 0.2) is 0 Å². The van der Waals surface area contributed by atoms with Crippen molar-refractivity contribution >= 4 is 0 Å². The quantitative estimate of drug-likeness (QED) is 0.697. The molecule has 0 spiro atoms. The highest BCUT2D eigenvalue weighted by Gasteiger charge is 2.26. The predicted molar refractivity (Wildman–Crippen MR) is 82.6 cm³/mol. The third kappa shape index (κ3) is 6.73. The number of likely N-dealkylation sites (N-methyl/N-ethyl adjacent to an activating group) is 1. The summed E-state index contributed by atoms with van der Waals surface area (Å²) in [6.07, 6.45) is 4.58. The molecule has 3 atom stereocenters. The van der Waals surface area contributed by atoms with Gasteiger partial charge >= 0.3 is 0 Å². The monoisotopic (exact) mass is 270 g/mol. The fraction of sp³-hybridized carbons (Fsp3) is 1.00. The minimum absolute atomic E-state index is 0.426. The highest BCUT2D eigenvalue weighted by Crippen LogP contribution is 2.20. The van der Waals surface area contributed by atoms with Gasteiger partial charge in [-0.1, -0.05) is 41.0 Å². The van der Waals surface area contributed by atoms with E-state index in [1.54, 1.807) is 0 Å². The zero-order valence-corrected chi connectivity index (χ0v) is 13.6. The molecule has 0 aromatic rings. The molecule has 3 unspecified atom stereocenters. The van der Waals surface area contributed by atoms with Gasteiger partial charge in [0, 0.05) is 25.7 Å². The van der Waals surface area contributed by atoms with E-state index in [0.717, 1.165) is 25.6 Å². The molecule has 0 aromatic carbocycles. The Balaban J connectivity index is 2.25. The minimum atomic E-state index is 0.426. The molecule has 1 aliphatic heterocycles. The zero-order chi connectivity index (χ0) is 14.3. The van der Waals surface area contributed by atoms with Gasteiger partial charge in [0.1, 0.15) is 0 Å². The van der Waals surface area contributed by atoms with E-state index >= 15 is 0 Å². The molecule has 1 fully saturated rings. The molecule has 3 nitrogen and oxygen atoms in total. The maximum atomic E-state index is 6.16. The van der Waals surface area contributed by atoms with Gasteiger partial charge < -0.3 is 15.0 Å². The van der Waals surface area contributed by atoms with Gasteiger partial charge in [0.15, 0.2) is 0 Å². The summed E-state index contributed by atoms with van der Waals surface area (Å²) < 4.78 is 6.16. The number of nitrogens with one attached hydrogen (secondary N) is 1. The highest BCUT2D eigenvalue weighted by atomic mass is 16.5. The molecule has 0 amide bonds. The molecule has 3 heteroatoms. The molecule has 1 rings (SSSR count). The lowest BCUT2D eigenvalue weighted by atomic mass is 10.1. The molecular weight excluding hydrogens is 236 g/mol. The normalized spacial score (nSPS) is 25.4. The molecule has 0 radical (unpaired) electrons. The fourth-order valence-electron chi connectivity index (χ4n) is 2.62. The second-order valence-electron chi connectivity index (χ2n) is 6.39. The van der Waals surface area contributed by atoms with Gasteiger partial charge in [0.25, 0.3) is 0 Å². The SMILES string of the molecule is CCC(C)CN(CC)CC1CCC(CNC(C)C)O1. The van der Waals surface area contributed by atoms with E-state index in [1.165, 1.54) is 25.8 Å². The van der Waals surface area contributed by atoms with E-state index in [2.05, 4.69) is 44.8 Å². The van der Waals surface area contributed by atoms with Crippen molar-refractivity contribution in [3.8, 4) is 0 Å². The summed E-state index contributed by atoms with van der Waals surface area (Å²) in [5, 5.41) is 3.48. The molecule has 1 aliphatic rings. The van der Waals surface area contributed by atoms with Crippen LogP contribution in [0.3, 0.4) is 0 Å². The Bertz CT molecular complexity index is 233. The van der Waals surface area contributed by atoms with Crippen LogP contribution in [-0.4, -0.2) is 49.3 Å². The Morgan fingerprint density at radius 3 is 2.42 bits per heavy atom. The topological polar surface area (TPSA) is 24.5 Å². The second kappa shape index (κ2) is 8.93. The number of nitrogens with zero attached hydrogens (tertiary/aromatic N) is 1. The molecule has 1 N–H and O–H groups in total. The van der Waals surface area contributed by atoms with Gasteiger partial charge in [-0.15, -0.1) is 0 Å². The Labute approximate surface area is 120 Å². The van der Waals surface area contributed by atoms with E-state index in [1.807, 2.05) is 0 Å². The van der Waals surface area contributed by atoms with Gasteiger partial charge in [0.05, 0.1) is 12.2 Å². The molecule has 1 saturated heterocycles. The number of rotatable bonds is 9. The fourth-order valence-corrected chi connectivity index (χ4v) is 2.62. The van der Waals surface area contributed by atoms with Crippen LogP contribution in [0, 0.1) is 5.92 Å². The number of ether oxygens (including phenoxy) is 1. The van der Waals surface area contributed by atoms with Crippen molar-refractivity contribution in [1.82, 2.24) is 10.2 Å². The Kier molecular flexibility index (Phi) is 7.96. The Morgan fingerprint density at radius 1 is 1.16 bits per heavy atom. The lowest BCUT2D eigenvalue weighted by Gasteiger charge is -2.26. The third-order valence-electron chi connectivity index (χ3n) is 4.13. The van der Waals surface area contributed by atoms with Gasteiger partial charge in [-0.05, 0) is 25.3 Å². The minimum Gasteiger partial charge on any atom is -0.372 e. The first-order chi connectivity index (χ1) is 9.05. The van der Waals surface area contributed by atoms with Crippen molar-refractivity contribution in [2.45, 2.75) is 72.1 Å². The summed E-state index contributed by atoms with van der Waals surface area (Å²) in [7, 11) is 0. The number of hydrogen-bond acceptors (Lipinski definition) is 3. The maximum absolute atomic E-state index is 6.16. The lowest BCUT2D eigenvalue weighted by molar-refractivity contribution is 0.0211. The summed E-state index contributed by atoms with van der Waals surface area (Å²) in [6, 6.07) is 0.556. The van der Waals surface area contributed by atoms with E-state index in [9.17, 15) is 0 Å². The van der Waals surface area contributed by atoms with Crippen LogP contribution in [0.4, 0.5) is 0 Å². The first-order valence-electron chi connectivity index (χ1n) is 8.16. The molecule has 0 aliphatic carbocycles. The summed E-state index contributed by atoms with van der Waals surface area (Å²) in [6.45, 7) is 15.7. The van der Waals surface area contributed by atoms with Gasteiger partial charge in [0.2, 0.25) is 0 Å². The third-order valence-corrected chi connectivity index (χ3v) is 4.13. The summed E-state index contributed by atoms with van der Waals surface area (Å²) in [5.41, 5.74) is 0. The van der Waals surface area contributed by atoms with Gasteiger partial charge in [-0.3, -0.25) is 0 Å². The van der Waals surface area contributed by atoms with Crippen molar-refractivity contribution in [3.63, 3.8) is 0 Å². The Morgan fingerprint density at radius 2 is 1.84 bits per heavy atom. The van der Waals surface area contributed by atoms with Crippen molar-refractivity contribution in [1.29, 1.82) is 0 Å². The van der Waals surface area contributed by atoms with Crippen LogP contribution < -0.4 is 5.32 Å². The standard InChI is InChI=1S/C16H34N2O/c1-6-14(5)11-18(7-2)12-16-9-8-15(19-16)10-17-13(3)4/h13-17H,6-12H2,1-5H3. The van der Waals surface area contributed by atoms with Crippen LogP contribution in [0.25, 0.3) is 0 Å². The van der Waals surface area contributed by atoms with Crippen molar-refractivity contribution in [2.75, 3.05) is 26.2 Å². The van der Waals surface area contributed by atoms with Gasteiger partial charge in [-0.25, -0.2) is 0 Å².